The van der Waals surface area contributed by atoms with Gasteiger partial charge in [0.15, 0.2) is 0 Å². The first-order valence-electron chi connectivity index (χ1n) is 13.8. The van der Waals surface area contributed by atoms with Crippen LogP contribution >= 0.6 is 0 Å². The van der Waals surface area contributed by atoms with E-state index in [0.29, 0.717) is 29.9 Å². The zero-order chi connectivity index (χ0) is 28.1. The quantitative estimate of drug-likeness (QED) is 0.299. The lowest BCUT2D eigenvalue weighted by molar-refractivity contribution is 0.0664. The Labute approximate surface area is 234 Å². The number of benzene rings is 3. The molecule has 5 rings (SSSR count). The number of likely N-dealkylation sites (N-methyl/N-ethyl adjacent to an activating group) is 1. The van der Waals surface area contributed by atoms with Gasteiger partial charge in [0.1, 0.15) is 5.75 Å². The van der Waals surface area contributed by atoms with Crippen molar-refractivity contribution < 1.29 is 19.4 Å². The summed E-state index contributed by atoms with van der Waals surface area (Å²) in [4.78, 5) is 33.8. The van der Waals surface area contributed by atoms with Gasteiger partial charge in [-0.05, 0) is 67.4 Å². The number of H-pyrrole nitrogens is 1. The summed E-state index contributed by atoms with van der Waals surface area (Å²) in [6.07, 6.45) is 2.41. The number of aromatic amines is 1. The number of ether oxygens (including phenoxy) is 1. The van der Waals surface area contributed by atoms with E-state index in [1.165, 1.54) is 0 Å². The Morgan fingerprint density at radius 2 is 1.73 bits per heavy atom. The Morgan fingerprint density at radius 1 is 1.00 bits per heavy atom. The number of rotatable bonds is 9. The maximum Gasteiger partial charge on any atom is 0.255 e. The van der Waals surface area contributed by atoms with Gasteiger partial charge in [-0.25, -0.2) is 0 Å². The molecule has 0 saturated carbocycles. The third-order valence-electron chi connectivity index (χ3n) is 7.48. The molecule has 4 aromatic rings. The fourth-order valence-corrected chi connectivity index (χ4v) is 5.16. The minimum atomic E-state index is -0.468. The predicted molar refractivity (Wildman–Crippen MR) is 157 cm³/mol. The van der Waals surface area contributed by atoms with Gasteiger partial charge in [0.25, 0.3) is 11.8 Å². The number of piperazine rings is 1. The highest BCUT2D eigenvalue weighted by molar-refractivity contribution is 5.99. The Morgan fingerprint density at radius 3 is 2.45 bits per heavy atom. The van der Waals surface area contributed by atoms with Gasteiger partial charge in [-0.1, -0.05) is 36.4 Å². The van der Waals surface area contributed by atoms with Gasteiger partial charge in [-0.3, -0.25) is 9.59 Å². The minimum Gasteiger partial charge on any atom is -0.493 e. The highest BCUT2D eigenvalue weighted by Gasteiger charge is 2.22. The summed E-state index contributed by atoms with van der Waals surface area (Å²) in [5, 5.41) is 14.1. The summed E-state index contributed by atoms with van der Waals surface area (Å²) < 4.78 is 5.77. The Balaban J connectivity index is 1.33. The van der Waals surface area contributed by atoms with E-state index in [9.17, 15) is 14.7 Å². The molecule has 3 N–H and O–H groups in total. The van der Waals surface area contributed by atoms with Crippen LogP contribution in [0.4, 0.5) is 0 Å². The first-order valence-corrected chi connectivity index (χ1v) is 13.8. The Hall–Kier alpha value is -4.14. The lowest BCUT2D eigenvalue weighted by Gasteiger charge is -2.32. The van der Waals surface area contributed by atoms with Crippen LogP contribution in [0.1, 0.15) is 33.2 Å². The molecule has 1 fully saturated rings. The van der Waals surface area contributed by atoms with Crippen molar-refractivity contribution >= 4 is 22.7 Å². The van der Waals surface area contributed by atoms with Crippen LogP contribution < -0.4 is 10.1 Å². The number of hydrogen-bond acceptors (Lipinski definition) is 5. The van der Waals surface area contributed by atoms with Crippen molar-refractivity contribution in [3.05, 3.63) is 89.6 Å². The summed E-state index contributed by atoms with van der Waals surface area (Å²) in [5.74, 6) is 0.206. The van der Waals surface area contributed by atoms with Crippen LogP contribution in [0.15, 0.2) is 72.9 Å². The van der Waals surface area contributed by atoms with Crippen LogP contribution in [0.2, 0.25) is 0 Å². The number of fused-ring (bicyclic) bond motifs is 1. The van der Waals surface area contributed by atoms with Crippen molar-refractivity contribution in [2.45, 2.75) is 19.4 Å². The molecule has 40 heavy (non-hydrogen) atoms. The van der Waals surface area contributed by atoms with E-state index in [1.807, 2.05) is 72.6 Å². The second-order valence-corrected chi connectivity index (χ2v) is 10.2. The first-order chi connectivity index (χ1) is 19.5. The highest BCUT2D eigenvalue weighted by atomic mass is 16.5. The number of amides is 2. The van der Waals surface area contributed by atoms with Gasteiger partial charge in [-0.2, -0.15) is 0 Å². The van der Waals surface area contributed by atoms with Crippen LogP contribution in [0.25, 0.3) is 22.0 Å². The molecule has 0 spiro atoms. The van der Waals surface area contributed by atoms with E-state index in [0.717, 1.165) is 53.8 Å². The van der Waals surface area contributed by atoms with Crippen LogP contribution in [0.5, 0.6) is 5.75 Å². The molecular weight excluding hydrogens is 504 g/mol. The van der Waals surface area contributed by atoms with Crippen LogP contribution in [0.3, 0.4) is 0 Å². The minimum absolute atomic E-state index is 0.0386. The molecule has 1 aliphatic rings. The zero-order valence-corrected chi connectivity index (χ0v) is 23.0. The molecule has 1 saturated heterocycles. The molecule has 8 nitrogen and oxygen atoms in total. The first kappa shape index (κ1) is 27.4. The molecule has 1 aromatic heterocycles. The third kappa shape index (κ3) is 6.03. The topological polar surface area (TPSA) is 97.9 Å². The number of nitrogens with zero attached hydrogens (tertiary/aromatic N) is 2. The van der Waals surface area contributed by atoms with E-state index < -0.39 is 6.04 Å². The summed E-state index contributed by atoms with van der Waals surface area (Å²) >= 11 is 0. The SMILES string of the molecule is CCOc1ccc(-c2ccc(C(=O)N3CCN(C)CC3)cc2)cc1C(=O)NC(CO)Cc1c[nH]c2ccccc12. The lowest BCUT2D eigenvalue weighted by atomic mass is 9.99. The molecule has 208 valence electrons. The van der Waals surface area contributed by atoms with Gasteiger partial charge in [0, 0.05) is 48.8 Å². The monoisotopic (exact) mass is 540 g/mol. The van der Waals surface area contributed by atoms with E-state index in [1.54, 1.807) is 12.1 Å². The molecule has 0 radical (unpaired) electrons. The number of aliphatic hydroxyl groups is 1. The van der Waals surface area contributed by atoms with Crippen molar-refractivity contribution in [1.82, 2.24) is 20.1 Å². The average Bonchev–Trinajstić information content (AvgIpc) is 3.40. The number of aromatic nitrogens is 1. The van der Waals surface area contributed by atoms with Gasteiger partial charge < -0.3 is 29.9 Å². The molecule has 0 bridgehead atoms. The second kappa shape index (κ2) is 12.4. The average molecular weight is 541 g/mol. The van der Waals surface area contributed by atoms with Crippen molar-refractivity contribution in [2.75, 3.05) is 46.4 Å². The van der Waals surface area contributed by atoms with Crippen molar-refractivity contribution in [1.29, 1.82) is 0 Å². The molecule has 2 amide bonds. The molecule has 1 unspecified atom stereocenters. The summed E-state index contributed by atoms with van der Waals surface area (Å²) in [6.45, 7) is 5.30. The fraction of sp³-hybridized carbons (Fsp3) is 0.312. The van der Waals surface area contributed by atoms with Crippen molar-refractivity contribution in [3.8, 4) is 16.9 Å². The van der Waals surface area contributed by atoms with Gasteiger partial charge in [0.05, 0.1) is 24.8 Å². The van der Waals surface area contributed by atoms with Crippen LogP contribution in [0, 0.1) is 0 Å². The number of para-hydroxylation sites is 1. The maximum absolute atomic E-state index is 13.5. The number of hydrogen-bond donors (Lipinski definition) is 3. The normalized spacial score (nSPS) is 14.7. The standard InChI is InChI=1S/C32H36N4O4/c1-3-40-30-13-12-24(22-8-10-23(11-9-22)32(39)36-16-14-35(2)15-17-36)19-28(30)31(38)34-26(21-37)18-25-20-33-29-7-5-4-6-27(25)29/h4-13,19-20,26,33,37H,3,14-18,21H2,1-2H3,(H,34,38). The Bertz CT molecular complexity index is 1470. The number of carbonyl (C=O) groups excluding carboxylic acids is 2. The fourth-order valence-electron chi connectivity index (χ4n) is 5.16. The van der Waals surface area contributed by atoms with E-state index in [2.05, 4.69) is 22.2 Å². The highest BCUT2D eigenvalue weighted by Crippen LogP contribution is 2.28. The molecule has 3 aromatic carbocycles. The van der Waals surface area contributed by atoms with Crippen LogP contribution in [-0.2, 0) is 6.42 Å². The number of carbonyl (C=O) groups is 2. The molecule has 0 aliphatic carbocycles. The van der Waals surface area contributed by atoms with Crippen LogP contribution in [-0.4, -0.2) is 84.2 Å². The molecule has 1 atom stereocenters. The zero-order valence-electron chi connectivity index (χ0n) is 23.0. The number of aliphatic hydroxyl groups excluding tert-OH is 1. The predicted octanol–water partition coefficient (Wildman–Crippen LogP) is 3.95. The summed E-state index contributed by atoms with van der Waals surface area (Å²) in [7, 11) is 2.07. The van der Waals surface area contributed by atoms with E-state index >= 15 is 0 Å². The maximum atomic E-state index is 13.5. The van der Waals surface area contributed by atoms with E-state index in [-0.39, 0.29) is 18.4 Å². The summed E-state index contributed by atoms with van der Waals surface area (Å²) in [5.41, 5.74) is 4.83. The van der Waals surface area contributed by atoms with Gasteiger partial charge >= 0.3 is 0 Å². The van der Waals surface area contributed by atoms with Crippen molar-refractivity contribution in [2.24, 2.45) is 0 Å². The lowest BCUT2D eigenvalue weighted by Crippen LogP contribution is -2.47. The molecule has 2 heterocycles. The van der Waals surface area contributed by atoms with Gasteiger partial charge in [0.2, 0.25) is 0 Å². The van der Waals surface area contributed by atoms with Crippen molar-refractivity contribution in [3.63, 3.8) is 0 Å². The van der Waals surface area contributed by atoms with Gasteiger partial charge in [-0.15, -0.1) is 0 Å². The molecular formula is C32H36N4O4. The van der Waals surface area contributed by atoms with E-state index in [4.69, 9.17) is 4.74 Å². The Kier molecular flexibility index (Phi) is 8.48. The largest absolute Gasteiger partial charge is 0.493 e. The second-order valence-electron chi connectivity index (χ2n) is 10.2. The smallest absolute Gasteiger partial charge is 0.255 e. The number of nitrogens with one attached hydrogen (secondary N) is 2. The molecule has 8 heteroatoms. The molecule has 1 aliphatic heterocycles. The summed E-state index contributed by atoms with van der Waals surface area (Å²) in [6, 6.07) is 20.5. The third-order valence-corrected chi connectivity index (χ3v) is 7.48.